The zero-order chi connectivity index (χ0) is 31.5. The normalized spacial score (nSPS) is 26.0. The van der Waals surface area contributed by atoms with Gasteiger partial charge in [-0.3, -0.25) is 0 Å². The van der Waals surface area contributed by atoms with Crippen LogP contribution in [-0.2, 0) is 0 Å². The van der Waals surface area contributed by atoms with Crippen LogP contribution in [0.1, 0.15) is 88.5 Å². The van der Waals surface area contributed by atoms with Gasteiger partial charge in [0.05, 0.1) is 12.2 Å². The predicted octanol–water partition coefficient (Wildman–Crippen LogP) is 9.75. The summed E-state index contributed by atoms with van der Waals surface area (Å²) >= 11 is 0. The van der Waals surface area contributed by atoms with Gasteiger partial charge < -0.3 is 10.2 Å². The molecule has 2 aliphatic carbocycles. The van der Waals surface area contributed by atoms with Gasteiger partial charge in [-0.25, -0.2) is 0 Å². The Balaban J connectivity index is 0.00000924. The Hall–Kier alpha value is -1.94. The van der Waals surface area contributed by atoms with Crippen molar-refractivity contribution in [3.05, 3.63) is 130 Å². The molecule has 0 aromatic carbocycles. The number of allylic oxidation sites excluding steroid dienone is 20. The first kappa shape index (κ1) is 39.1. The first-order chi connectivity index (χ1) is 19.6. The molecule has 2 N–H and O–H groups in total. The summed E-state index contributed by atoms with van der Waals surface area (Å²) in [5.41, 5.74) is 8.73. The quantitative estimate of drug-likeness (QED) is 0.151. The van der Waals surface area contributed by atoms with E-state index in [-0.39, 0.29) is 52.6 Å². The molecule has 2 nitrogen and oxygen atoms in total. The number of rotatable bonds is 10. The molecule has 0 amide bonds. The standard InChI is InChI=1S/C40H56O2.Na.H/c1-29(17-13-19-31(3)21-23-37-33(5)25-35(41)27-39(37,7)8)15-11-12-16-30(2)18-14-20-32(4)22-24-38-34(6)26-36(42)28-40(38,9)10;;/h11-25,35-37,41-42H,26-28H2,1-10H3;;/b12-11+,17-13+,18-14+,23-21+,24-22+,29-15+,30-16+,31-19+,32-20+;;/t35-,36+,37-;;/m0../s1. The predicted molar refractivity (Wildman–Crippen MR) is 191 cm³/mol. The molecule has 0 saturated carbocycles. The van der Waals surface area contributed by atoms with Gasteiger partial charge in [-0.2, -0.15) is 0 Å². The molecule has 0 saturated heterocycles. The molecule has 0 heterocycles. The van der Waals surface area contributed by atoms with Crippen LogP contribution in [0.5, 0.6) is 0 Å². The maximum atomic E-state index is 10.1. The van der Waals surface area contributed by atoms with Crippen LogP contribution in [-0.4, -0.2) is 52.0 Å². The Morgan fingerprint density at radius 1 is 0.721 bits per heavy atom. The van der Waals surface area contributed by atoms with Gasteiger partial charge in [0, 0.05) is 5.92 Å². The van der Waals surface area contributed by atoms with Crippen LogP contribution in [0.15, 0.2) is 130 Å². The van der Waals surface area contributed by atoms with Crippen molar-refractivity contribution < 1.29 is 10.2 Å². The number of aliphatic hydroxyl groups is 2. The van der Waals surface area contributed by atoms with Crippen molar-refractivity contribution >= 4 is 29.6 Å². The molecule has 0 radical (unpaired) electrons. The fourth-order valence-corrected chi connectivity index (χ4v) is 6.14. The van der Waals surface area contributed by atoms with E-state index in [1.54, 1.807) is 0 Å². The average Bonchev–Trinajstić information content (AvgIpc) is 2.84. The number of hydrogen-bond acceptors (Lipinski definition) is 2. The molecular weight excluding hydrogens is 535 g/mol. The molecule has 3 heteroatoms. The van der Waals surface area contributed by atoms with Crippen molar-refractivity contribution in [1.82, 2.24) is 0 Å². The molecule has 43 heavy (non-hydrogen) atoms. The van der Waals surface area contributed by atoms with E-state index in [1.165, 1.54) is 39.0 Å². The third kappa shape index (κ3) is 13.7. The van der Waals surface area contributed by atoms with E-state index in [0.717, 1.165) is 19.3 Å². The molecule has 230 valence electrons. The molecule has 0 bridgehead atoms. The molecule has 0 aromatic heterocycles. The summed E-state index contributed by atoms with van der Waals surface area (Å²) in [6.45, 7) is 21.6. The second-order valence-electron chi connectivity index (χ2n) is 13.7. The van der Waals surface area contributed by atoms with E-state index >= 15 is 0 Å². The topological polar surface area (TPSA) is 40.5 Å². The summed E-state index contributed by atoms with van der Waals surface area (Å²) in [7, 11) is 0. The minimum atomic E-state index is -0.331. The monoisotopic (exact) mass is 592 g/mol. The molecular formula is C40H57NaO2. The second-order valence-corrected chi connectivity index (χ2v) is 13.7. The van der Waals surface area contributed by atoms with Gasteiger partial charge in [-0.1, -0.05) is 152 Å². The summed E-state index contributed by atoms with van der Waals surface area (Å²) in [6.07, 6.45) is 33.8. The molecule has 0 spiro atoms. The third-order valence-corrected chi connectivity index (χ3v) is 8.33. The Morgan fingerprint density at radius 3 is 1.72 bits per heavy atom. The maximum absolute atomic E-state index is 10.1. The van der Waals surface area contributed by atoms with Crippen LogP contribution in [0.2, 0.25) is 0 Å². The SMILES string of the molecule is CC1=C[C@H](O)CC(C)(C)[C@H]1/C=C/C(C)=C/C=C/C(C)=C/C=C/C=C(C)/C=C/C=C(C)/C=C/C1=C(C)C[C@@H](O)CC1(C)C.[NaH]. The zero-order valence-electron chi connectivity index (χ0n) is 27.9. The fraction of sp³-hybridized carbons (Fsp3) is 0.450. The summed E-state index contributed by atoms with van der Waals surface area (Å²) in [4.78, 5) is 0. The van der Waals surface area contributed by atoms with Gasteiger partial charge in [0.1, 0.15) is 0 Å². The first-order valence-corrected chi connectivity index (χ1v) is 15.4. The van der Waals surface area contributed by atoms with Crippen LogP contribution >= 0.6 is 0 Å². The second kappa shape index (κ2) is 18.1. The van der Waals surface area contributed by atoms with Crippen molar-refractivity contribution in [1.29, 1.82) is 0 Å². The van der Waals surface area contributed by atoms with E-state index < -0.39 is 0 Å². The molecule has 0 aliphatic heterocycles. The van der Waals surface area contributed by atoms with Gasteiger partial charge in [-0.05, 0) is 77.2 Å². The number of hydrogen-bond donors (Lipinski definition) is 2. The van der Waals surface area contributed by atoms with E-state index in [2.05, 4.69) is 154 Å². The molecule has 2 aliphatic rings. The van der Waals surface area contributed by atoms with Crippen molar-refractivity contribution in [2.45, 2.75) is 101 Å². The van der Waals surface area contributed by atoms with E-state index in [0.29, 0.717) is 5.92 Å². The van der Waals surface area contributed by atoms with E-state index in [1.807, 2.05) is 6.08 Å². The Bertz CT molecular complexity index is 1280. The Morgan fingerprint density at radius 2 is 1.21 bits per heavy atom. The first-order valence-electron chi connectivity index (χ1n) is 15.4. The van der Waals surface area contributed by atoms with Crippen LogP contribution in [0.4, 0.5) is 0 Å². The van der Waals surface area contributed by atoms with Crippen LogP contribution < -0.4 is 0 Å². The van der Waals surface area contributed by atoms with Crippen LogP contribution in [0, 0.1) is 16.7 Å². The van der Waals surface area contributed by atoms with Gasteiger partial charge in [-0.15, -0.1) is 0 Å². The fourth-order valence-electron chi connectivity index (χ4n) is 6.14. The third-order valence-electron chi connectivity index (χ3n) is 8.33. The molecule has 0 fully saturated rings. The van der Waals surface area contributed by atoms with Crippen molar-refractivity contribution in [3.63, 3.8) is 0 Å². The van der Waals surface area contributed by atoms with Gasteiger partial charge >= 0.3 is 29.6 Å². The summed E-state index contributed by atoms with van der Waals surface area (Å²) in [6, 6.07) is 0. The van der Waals surface area contributed by atoms with Gasteiger partial charge in [0.25, 0.3) is 0 Å². The van der Waals surface area contributed by atoms with Crippen LogP contribution in [0.25, 0.3) is 0 Å². The van der Waals surface area contributed by atoms with Crippen molar-refractivity contribution in [2.24, 2.45) is 16.7 Å². The average molecular weight is 593 g/mol. The zero-order valence-corrected chi connectivity index (χ0v) is 27.9. The summed E-state index contributed by atoms with van der Waals surface area (Å²) in [5.74, 6) is 0.348. The molecule has 3 atom stereocenters. The van der Waals surface area contributed by atoms with Gasteiger partial charge in [0.15, 0.2) is 0 Å². The van der Waals surface area contributed by atoms with E-state index in [4.69, 9.17) is 0 Å². The van der Waals surface area contributed by atoms with E-state index in [9.17, 15) is 10.2 Å². The molecule has 2 rings (SSSR count). The Labute approximate surface area is 285 Å². The molecule has 0 unspecified atom stereocenters. The van der Waals surface area contributed by atoms with Crippen LogP contribution in [0.3, 0.4) is 0 Å². The van der Waals surface area contributed by atoms with Crippen molar-refractivity contribution in [3.8, 4) is 0 Å². The van der Waals surface area contributed by atoms with Crippen molar-refractivity contribution in [2.75, 3.05) is 0 Å². The number of aliphatic hydroxyl groups excluding tert-OH is 2. The van der Waals surface area contributed by atoms with Gasteiger partial charge in [0.2, 0.25) is 0 Å². The molecule has 0 aromatic rings. The Kier molecular flexibility index (Phi) is 16.5. The summed E-state index contributed by atoms with van der Waals surface area (Å²) < 4.78 is 0. The summed E-state index contributed by atoms with van der Waals surface area (Å²) in [5, 5.41) is 20.2. The minimum absolute atomic E-state index is 0.